The van der Waals surface area contributed by atoms with Crippen molar-refractivity contribution in [2.75, 3.05) is 19.1 Å². The van der Waals surface area contributed by atoms with E-state index in [0.717, 1.165) is 17.0 Å². The van der Waals surface area contributed by atoms with E-state index in [-0.39, 0.29) is 6.10 Å². The van der Waals surface area contributed by atoms with Crippen LogP contribution in [0, 0.1) is 0 Å². The van der Waals surface area contributed by atoms with E-state index in [4.69, 9.17) is 25.8 Å². The van der Waals surface area contributed by atoms with E-state index in [0.29, 0.717) is 23.1 Å². The monoisotopic (exact) mass is 362 g/mol. The third-order valence-corrected chi connectivity index (χ3v) is 3.46. The van der Waals surface area contributed by atoms with Crippen molar-refractivity contribution < 1.29 is 14.2 Å². The first kappa shape index (κ1) is 18.9. The Morgan fingerprint density at radius 1 is 1.20 bits per heavy atom. The lowest BCUT2D eigenvalue weighted by atomic mass is 10.2. The van der Waals surface area contributed by atoms with Crippen LogP contribution in [0.4, 0.5) is 5.69 Å². The van der Waals surface area contributed by atoms with Crippen molar-refractivity contribution >= 4 is 23.5 Å². The number of nitrogens with one attached hydrogen (secondary N) is 1. The Morgan fingerprint density at radius 2 is 1.92 bits per heavy atom. The highest BCUT2D eigenvalue weighted by molar-refractivity contribution is 6.32. The fourth-order valence-corrected chi connectivity index (χ4v) is 2.39. The fourth-order valence-electron chi connectivity index (χ4n) is 2.12. The number of hydrogen-bond donors (Lipinski definition) is 1. The number of halogens is 1. The summed E-state index contributed by atoms with van der Waals surface area (Å²) in [5.74, 6) is 1.96. The molecule has 0 aliphatic carbocycles. The summed E-state index contributed by atoms with van der Waals surface area (Å²) in [4.78, 5) is 0. The summed E-state index contributed by atoms with van der Waals surface area (Å²) in [5, 5.41) is 4.72. The van der Waals surface area contributed by atoms with Gasteiger partial charge in [-0.3, -0.25) is 5.43 Å². The quantitative estimate of drug-likeness (QED) is 0.531. The van der Waals surface area contributed by atoms with E-state index in [2.05, 4.69) is 10.5 Å². The van der Waals surface area contributed by atoms with Gasteiger partial charge in [0.1, 0.15) is 5.75 Å². The molecule has 5 nitrogen and oxygen atoms in total. The molecule has 0 unspecified atom stereocenters. The van der Waals surface area contributed by atoms with E-state index < -0.39 is 0 Å². The van der Waals surface area contributed by atoms with Gasteiger partial charge in [0.05, 0.1) is 36.7 Å². The molecule has 0 spiro atoms. The molecule has 6 heteroatoms. The topological polar surface area (TPSA) is 52.1 Å². The molecular formula is C19H23ClN2O3. The predicted molar refractivity (Wildman–Crippen MR) is 103 cm³/mol. The van der Waals surface area contributed by atoms with Crippen molar-refractivity contribution in [1.82, 2.24) is 0 Å². The predicted octanol–water partition coefficient (Wildman–Crippen LogP) is 4.98. The molecule has 25 heavy (non-hydrogen) atoms. The second-order valence-corrected chi connectivity index (χ2v) is 5.94. The molecule has 0 heterocycles. The molecule has 0 aliphatic rings. The van der Waals surface area contributed by atoms with Crippen molar-refractivity contribution in [2.45, 2.75) is 26.9 Å². The van der Waals surface area contributed by atoms with Crippen LogP contribution in [0.2, 0.25) is 5.02 Å². The largest absolute Gasteiger partial charge is 0.497 e. The molecule has 0 saturated heterocycles. The average molecular weight is 363 g/mol. The van der Waals surface area contributed by atoms with Crippen LogP contribution >= 0.6 is 11.6 Å². The zero-order valence-corrected chi connectivity index (χ0v) is 15.6. The maximum absolute atomic E-state index is 6.34. The molecular weight excluding hydrogens is 340 g/mol. The molecule has 2 rings (SSSR count). The molecule has 2 aromatic rings. The van der Waals surface area contributed by atoms with Gasteiger partial charge in [-0.05, 0) is 62.7 Å². The van der Waals surface area contributed by atoms with Crippen molar-refractivity contribution in [3.63, 3.8) is 0 Å². The van der Waals surface area contributed by atoms with Crippen LogP contribution in [0.1, 0.15) is 26.3 Å². The van der Waals surface area contributed by atoms with Crippen molar-refractivity contribution in [3.8, 4) is 17.2 Å². The summed E-state index contributed by atoms with van der Waals surface area (Å²) < 4.78 is 16.5. The van der Waals surface area contributed by atoms with Gasteiger partial charge < -0.3 is 14.2 Å². The lowest BCUT2D eigenvalue weighted by Crippen LogP contribution is -2.08. The summed E-state index contributed by atoms with van der Waals surface area (Å²) in [5.41, 5.74) is 4.63. The molecule has 0 bridgehead atoms. The van der Waals surface area contributed by atoms with Crippen molar-refractivity contribution in [3.05, 3.63) is 47.0 Å². The van der Waals surface area contributed by atoms with E-state index >= 15 is 0 Å². The van der Waals surface area contributed by atoms with Gasteiger partial charge >= 0.3 is 0 Å². The van der Waals surface area contributed by atoms with Gasteiger partial charge in [0.25, 0.3) is 0 Å². The second-order valence-electron chi connectivity index (χ2n) is 5.53. The number of hydrogen-bond acceptors (Lipinski definition) is 5. The third-order valence-electron chi connectivity index (χ3n) is 3.18. The minimum atomic E-state index is 0.00737. The van der Waals surface area contributed by atoms with E-state index in [9.17, 15) is 0 Å². The highest BCUT2D eigenvalue weighted by Crippen LogP contribution is 2.37. The van der Waals surface area contributed by atoms with E-state index in [1.807, 2.05) is 51.1 Å². The number of rotatable bonds is 8. The minimum absolute atomic E-state index is 0.00737. The zero-order chi connectivity index (χ0) is 18.2. The Balaban J connectivity index is 2.14. The first-order chi connectivity index (χ1) is 12.0. The van der Waals surface area contributed by atoms with Gasteiger partial charge in [-0.2, -0.15) is 5.10 Å². The van der Waals surface area contributed by atoms with Crippen LogP contribution in [-0.2, 0) is 0 Å². The molecule has 0 aromatic heterocycles. The number of ether oxygens (including phenoxy) is 3. The molecule has 0 atom stereocenters. The molecule has 0 saturated carbocycles. The smallest absolute Gasteiger partial charge is 0.180 e. The van der Waals surface area contributed by atoms with Crippen LogP contribution < -0.4 is 19.6 Å². The standard InChI is InChI=1S/C19H23ClN2O3/c1-5-24-18-11-14(10-17(20)19(18)25-13(2)3)12-21-22-15-6-8-16(23-4)9-7-15/h6-13,22H,5H2,1-4H3/b21-12+. The fraction of sp³-hybridized carbons (Fsp3) is 0.316. The summed E-state index contributed by atoms with van der Waals surface area (Å²) in [6, 6.07) is 11.1. The molecule has 0 fully saturated rings. The number of methoxy groups -OCH3 is 1. The van der Waals surface area contributed by atoms with Crippen LogP contribution in [-0.4, -0.2) is 26.0 Å². The summed E-state index contributed by atoms with van der Waals surface area (Å²) in [6.07, 6.45) is 1.69. The minimum Gasteiger partial charge on any atom is -0.497 e. The molecule has 134 valence electrons. The van der Waals surface area contributed by atoms with E-state index in [1.165, 1.54) is 0 Å². The Labute approximate surface area is 153 Å². The lowest BCUT2D eigenvalue weighted by molar-refractivity contribution is 0.224. The maximum atomic E-state index is 6.34. The summed E-state index contributed by atoms with van der Waals surface area (Å²) in [7, 11) is 1.63. The summed E-state index contributed by atoms with van der Waals surface area (Å²) >= 11 is 6.34. The highest BCUT2D eigenvalue weighted by atomic mass is 35.5. The van der Waals surface area contributed by atoms with Gasteiger partial charge in [0.15, 0.2) is 11.5 Å². The SMILES string of the molecule is CCOc1cc(/C=N/Nc2ccc(OC)cc2)cc(Cl)c1OC(C)C. The van der Waals surface area contributed by atoms with Gasteiger partial charge in [-0.1, -0.05) is 11.6 Å². The van der Waals surface area contributed by atoms with Gasteiger partial charge in [-0.15, -0.1) is 0 Å². The van der Waals surface area contributed by atoms with Crippen LogP contribution in [0.3, 0.4) is 0 Å². The number of hydrazone groups is 1. The summed E-state index contributed by atoms with van der Waals surface area (Å²) in [6.45, 7) is 6.33. The van der Waals surface area contributed by atoms with Gasteiger partial charge in [0.2, 0.25) is 0 Å². The molecule has 0 radical (unpaired) electrons. The first-order valence-electron chi connectivity index (χ1n) is 8.09. The maximum Gasteiger partial charge on any atom is 0.180 e. The highest BCUT2D eigenvalue weighted by Gasteiger charge is 2.13. The number of benzene rings is 2. The normalized spacial score (nSPS) is 11.0. The van der Waals surface area contributed by atoms with Gasteiger partial charge in [-0.25, -0.2) is 0 Å². The second kappa shape index (κ2) is 9.18. The Hall–Kier alpha value is -2.40. The molecule has 2 aromatic carbocycles. The van der Waals surface area contributed by atoms with E-state index in [1.54, 1.807) is 19.4 Å². The lowest BCUT2D eigenvalue weighted by Gasteiger charge is -2.16. The van der Waals surface area contributed by atoms with Crippen molar-refractivity contribution in [2.24, 2.45) is 5.10 Å². The van der Waals surface area contributed by atoms with Crippen LogP contribution in [0.25, 0.3) is 0 Å². The Bertz CT molecular complexity index is 715. The number of nitrogens with zero attached hydrogens (tertiary/aromatic N) is 1. The number of anilines is 1. The molecule has 0 aliphatic heterocycles. The average Bonchev–Trinajstić information content (AvgIpc) is 2.58. The van der Waals surface area contributed by atoms with Crippen LogP contribution in [0.15, 0.2) is 41.5 Å². The molecule has 0 amide bonds. The van der Waals surface area contributed by atoms with Crippen molar-refractivity contribution in [1.29, 1.82) is 0 Å². The Morgan fingerprint density at radius 3 is 2.52 bits per heavy atom. The first-order valence-corrected chi connectivity index (χ1v) is 8.47. The van der Waals surface area contributed by atoms with Gasteiger partial charge in [0, 0.05) is 0 Å². The Kier molecular flexibility index (Phi) is 6.95. The third kappa shape index (κ3) is 5.57. The molecule has 1 N–H and O–H groups in total. The van der Waals surface area contributed by atoms with Crippen LogP contribution in [0.5, 0.6) is 17.2 Å². The zero-order valence-electron chi connectivity index (χ0n) is 14.9.